The van der Waals surface area contributed by atoms with E-state index >= 15 is 0 Å². The summed E-state index contributed by atoms with van der Waals surface area (Å²) >= 11 is 0. The highest BCUT2D eigenvalue weighted by atomic mass is 32.2. The molecule has 2 aromatic rings. The number of carbonyl (C=O) groups is 1. The smallest absolute Gasteiger partial charge is 0.407 e. The van der Waals surface area contributed by atoms with Crippen molar-refractivity contribution in [3.63, 3.8) is 0 Å². The van der Waals surface area contributed by atoms with Crippen LogP contribution in [0.2, 0.25) is 0 Å². The standard InChI is InChI=1S/C35H50N2O10S/c1-25(2)22-37(23-30(38)29(20-26-10-4-3-5-11-26)36-35(39)45-27-16-19-42-24-27)48(40,41)28-14-15-31(46-33-12-6-8-17-43-33)32(21-28)47-34-13-7-9-18-44-34/h3-5,10-11,14-15,21,25,27,29-30,33-34,38H,6-9,12-13,16-20,22-24H2,1-2H3,(H,36,39)/t27?,29-,30+,33?,34?/m0/s1. The first kappa shape index (κ1) is 36.3. The van der Waals surface area contributed by atoms with Gasteiger partial charge in [-0.15, -0.1) is 0 Å². The molecule has 0 aromatic heterocycles. The molecular weight excluding hydrogens is 640 g/mol. The highest BCUT2D eigenvalue weighted by molar-refractivity contribution is 7.89. The SMILES string of the molecule is CC(C)CN(C[C@@H](O)[C@H](Cc1ccccc1)NC(=O)OC1CCOC1)S(=O)(=O)c1ccc(OC2CCCCO2)c(OC2CCCCO2)c1. The minimum Gasteiger partial charge on any atom is -0.461 e. The van der Waals surface area contributed by atoms with E-state index in [2.05, 4.69) is 5.32 Å². The molecule has 5 atom stereocenters. The van der Waals surface area contributed by atoms with Gasteiger partial charge in [0.25, 0.3) is 0 Å². The Labute approximate surface area is 284 Å². The van der Waals surface area contributed by atoms with E-state index < -0.39 is 40.8 Å². The van der Waals surface area contributed by atoms with Crippen molar-refractivity contribution >= 4 is 16.1 Å². The van der Waals surface area contributed by atoms with Gasteiger partial charge in [0.1, 0.15) is 6.10 Å². The van der Waals surface area contributed by atoms with Crippen molar-refractivity contribution in [1.82, 2.24) is 9.62 Å². The second-order valence-corrected chi connectivity index (χ2v) is 15.0. The van der Waals surface area contributed by atoms with Gasteiger partial charge in [-0.25, -0.2) is 13.2 Å². The first-order valence-electron chi connectivity index (χ1n) is 17.1. The summed E-state index contributed by atoms with van der Waals surface area (Å²) in [5.74, 6) is 0.575. The third kappa shape index (κ3) is 10.5. The fourth-order valence-electron chi connectivity index (χ4n) is 5.99. The van der Waals surface area contributed by atoms with Gasteiger partial charge in [0, 0.05) is 38.4 Å². The average molecular weight is 691 g/mol. The molecule has 3 aliphatic rings. The van der Waals surface area contributed by atoms with E-state index in [0.29, 0.717) is 45.0 Å². The van der Waals surface area contributed by atoms with E-state index in [1.54, 1.807) is 6.07 Å². The Balaban J connectivity index is 1.38. The molecule has 5 rings (SSSR count). The maximum absolute atomic E-state index is 14.3. The number of ether oxygens (including phenoxy) is 6. The molecule has 266 valence electrons. The lowest BCUT2D eigenvalue weighted by Crippen LogP contribution is -2.51. The fourth-order valence-corrected chi connectivity index (χ4v) is 7.62. The Kier molecular flexibility index (Phi) is 13.4. The second kappa shape index (κ2) is 17.6. The normalized spacial score (nSPS) is 23.1. The summed E-state index contributed by atoms with van der Waals surface area (Å²) in [7, 11) is -4.15. The van der Waals surface area contributed by atoms with Gasteiger partial charge in [-0.2, -0.15) is 4.31 Å². The van der Waals surface area contributed by atoms with E-state index in [4.69, 9.17) is 28.4 Å². The molecule has 2 aromatic carbocycles. The molecule has 2 N–H and O–H groups in total. The molecule has 3 heterocycles. The number of hydrogen-bond acceptors (Lipinski definition) is 10. The van der Waals surface area contributed by atoms with Gasteiger partial charge in [0.2, 0.25) is 10.0 Å². The lowest BCUT2D eigenvalue weighted by atomic mass is 10.0. The molecule has 3 unspecified atom stereocenters. The zero-order valence-electron chi connectivity index (χ0n) is 28.0. The Morgan fingerprint density at radius 2 is 1.60 bits per heavy atom. The van der Waals surface area contributed by atoms with Crippen LogP contribution < -0.4 is 14.8 Å². The van der Waals surface area contributed by atoms with Crippen LogP contribution in [0.3, 0.4) is 0 Å². The molecule has 48 heavy (non-hydrogen) atoms. The zero-order valence-corrected chi connectivity index (χ0v) is 28.8. The summed E-state index contributed by atoms with van der Waals surface area (Å²) in [5.41, 5.74) is 0.869. The Morgan fingerprint density at radius 3 is 2.21 bits per heavy atom. The Morgan fingerprint density at radius 1 is 0.917 bits per heavy atom. The van der Waals surface area contributed by atoms with Crippen molar-refractivity contribution in [1.29, 1.82) is 0 Å². The summed E-state index contributed by atoms with van der Waals surface area (Å²) in [6, 6.07) is 13.1. The molecule has 3 fully saturated rings. The van der Waals surface area contributed by atoms with Crippen LogP contribution in [0.4, 0.5) is 4.79 Å². The lowest BCUT2D eigenvalue weighted by molar-refractivity contribution is -0.119. The van der Waals surface area contributed by atoms with E-state index in [1.807, 2.05) is 44.2 Å². The molecule has 3 aliphatic heterocycles. The molecule has 13 heteroatoms. The quantitative estimate of drug-likeness (QED) is 0.272. The number of alkyl carbamates (subject to hydrolysis) is 1. The van der Waals surface area contributed by atoms with E-state index in [1.165, 1.54) is 16.4 Å². The summed E-state index contributed by atoms with van der Waals surface area (Å²) in [6.45, 7) is 5.67. The van der Waals surface area contributed by atoms with E-state index in [9.17, 15) is 18.3 Å². The maximum atomic E-state index is 14.3. The number of sulfonamides is 1. The van der Waals surface area contributed by atoms with E-state index in [-0.39, 0.29) is 42.2 Å². The largest absolute Gasteiger partial charge is 0.461 e. The van der Waals surface area contributed by atoms with Crippen molar-refractivity contribution in [2.45, 2.75) is 101 Å². The van der Waals surface area contributed by atoms with Crippen molar-refractivity contribution < 1.29 is 46.7 Å². The number of aliphatic hydroxyl groups is 1. The number of amides is 1. The summed E-state index contributed by atoms with van der Waals surface area (Å²) < 4.78 is 64.6. The van der Waals surface area contributed by atoms with Crippen LogP contribution in [0.15, 0.2) is 53.4 Å². The van der Waals surface area contributed by atoms with Gasteiger partial charge >= 0.3 is 6.09 Å². The molecular formula is C35H50N2O10S. The third-order valence-corrected chi connectivity index (χ3v) is 10.4. The highest BCUT2D eigenvalue weighted by Crippen LogP contribution is 2.35. The van der Waals surface area contributed by atoms with Crippen molar-refractivity contribution in [3.05, 3.63) is 54.1 Å². The van der Waals surface area contributed by atoms with Crippen LogP contribution >= 0.6 is 0 Å². The average Bonchev–Trinajstić information content (AvgIpc) is 3.59. The Hall–Kier alpha value is -2.94. The fraction of sp³-hybridized carbons (Fsp3) is 0.629. The van der Waals surface area contributed by atoms with Gasteiger partial charge in [-0.1, -0.05) is 44.2 Å². The van der Waals surface area contributed by atoms with Gasteiger partial charge < -0.3 is 38.8 Å². The molecule has 3 saturated heterocycles. The molecule has 0 bridgehead atoms. The van der Waals surface area contributed by atoms with Crippen LogP contribution in [-0.4, -0.2) is 94.3 Å². The highest BCUT2D eigenvalue weighted by Gasteiger charge is 2.33. The van der Waals surface area contributed by atoms with Crippen molar-refractivity contribution in [3.8, 4) is 11.5 Å². The molecule has 0 spiro atoms. The van der Waals surface area contributed by atoms with Crippen molar-refractivity contribution in [2.75, 3.05) is 39.5 Å². The van der Waals surface area contributed by atoms with Crippen LogP contribution in [0.5, 0.6) is 11.5 Å². The number of nitrogens with zero attached hydrogens (tertiary/aromatic N) is 1. The summed E-state index contributed by atoms with van der Waals surface area (Å²) in [6.07, 6.45) is 2.76. The van der Waals surface area contributed by atoms with Crippen LogP contribution in [0.25, 0.3) is 0 Å². The number of rotatable bonds is 15. The monoisotopic (exact) mass is 690 g/mol. The predicted octanol–water partition coefficient (Wildman–Crippen LogP) is 4.63. The molecule has 0 radical (unpaired) electrons. The maximum Gasteiger partial charge on any atom is 0.407 e. The summed E-state index contributed by atoms with van der Waals surface area (Å²) in [4.78, 5) is 12.9. The van der Waals surface area contributed by atoms with E-state index in [0.717, 1.165) is 37.7 Å². The van der Waals surface area contributed by atoms with Crippen LogP contribution in [0.1, 0.15) is 64.4 Å². The van der Waals surface area contributed by atoms with Gasteiger partial charge in [-0.3, -0.25) is 0 Å². The second-order valence-electron chi connectivity index (χ2n) is 13.1. The summed E-state index contributed by atoms with van der Waals surface area (Å²) in [5, 5.41) is 14.4. The minimum atomic E-state index is -4.15. The Bertz CT molecular complexity index is 1390. The van der Waals surface area contributed by atoms with Gasteiger partial charge in [-0.05, 0) is 55.7 Å². The first-order valence-corrected chi connectivity index (χ1v) is 18.6. The lowest BCUT2D eigenvalue weighted by Gasteiger charge is -2.31. The topological polar surface area (TPSA) is 142 Å². The molecule has 0 saturated carbocycles. The predicted molar refractivity (Wildman–Crippen MR) is 177 cm³/mol. The number of benzene rings is 2. The number of hydrogen-bond donors (Lipinski definition) is 2. The molecule has 1 amide bonds. The van der Waals surface area contributed by atoms with Crippen LogP contribution in [-0.2, 0) is 35.4 Å². The number of carbonyl (C=O) groups excluding carboxylic acids is 1. The van der Waals surface area contributed by atoms with Crippen molar-refractivity contribution in [2.24, 2.45) is 5.92 Å². The number of aliphatic hydroxyl groups excluding tert-OH is 1. The zero-order chi connectivity index (χ0) is 33.9. The molecule has 0 aliphatic carbocycles. The number of nitrogens with one attached hydrogen (secondary N) is 1. The van der Waals surface area contributed by atoms with Gasteiger partial charge in [0.05, 0.1) is 43.5 Å². The molecule has 12 nitrogen and oxygen atoms in total. The third-order valence-electron chi connectivity index (χ3n) is 8.53. The van der Waals surface area contributed by atoms with Gasteiger partial charge in [0.15, 0.2) is 24.1 Å². The first-order chi connectivity index (χ1) is 23.2. The minimum absolute atomic E-state index is 0.00807. The van der Waals surface area contributed by atoms with Crippen LogP contribution in [0, 0.1) is 5.92 Å².